The van der Waals surface area contributed by atoms with Crippen molar-refractivity contribution in [2.75, 3.05) is 25.5 Å². The molecule has 16 heteroatoms. The summed E-state index contributed by atoms with van der Waals surface area (Å²) in [6.45, 7) is 5.61. The number of rotatable bonds is 12. The van der Waals surface area contributed by atoms with Crippen LogP contribution in [0.1, 0.15) is 57.7 Å². The Hall–Kier alpha value is -6.06. The van der Waals surface area contributed by atoms with E-state index >= 15 is 0 Å². The molecule has 3 heterocycles. The molecule has 2 N–H and O–H groups in total. The Labute approximate surface area is 314 Å². The molecule has 2 aromatic heterocycles. The highest BCUT2D eigenvalue weighted by Gasteiger charge is 2.27. The van der Waals surface area contributed by atoms with Gasteiger partial charge in [0.2, 0.25) is 11.8 Å². The fourth-order valence-corrected chi connectivity index (χ4v) is 5.98. The smallest absolute Gasteiger partial charge is 0.419 e. The molecule has 0 saturated carbocycles. The predicted octanol–water partition coefficient (Wildman–Crippen LogP) is 6.25. The summed E-state index contributed by atoms with van der Waals surface area (Å²) in [5.41, 5.74) is -1.59. The van der Waals surface area contributed by atoms with Gasteiger partial charge in [-0.15, -0.1) is 0 Å². The number of hydrogen-bond acceptors (Lipinski definition) is 8. The molecule has 292 valence electrons. The Balaban J connectivity index is 1.42. The maximum atomic E-state index is 14.9. The molecule has 0 unspecified atom stereocenters. The third kappa shape index (κ3) is 10.3. The molecule has 1 aliphatic heterocycles. The lowest BCUT2D eigenvalue weighted by Gasteiger charge is -2.22. The first kappa shape index (κ1) is 40.1. The minimum atomic E-state index is -1.14. The van der Waals surface area contributed by atoms with E-state index in [0.717, 1.165) is 42.7 Å². The topological polar surface area (TPSA) is 150 Å². The molecule has 1 saturated heterocycles. The number of aromatic nitrogens is 2. The van der Waals surface area contributed by atoms with Crippen LogP contribution < -0.4 is 20.9 Å². The van der Waals surface area contributed by atoms with Crippen LogP contribution in [0.25, 0.3) is 10.9 Å². The number of carbonyl (C=O) groups is 4. The Morgan fingerprint density at radius 3 is 2.42 bits per heavy atom. The zero-order valence-electron chi connectivity index (χ0n) is 30.8. The van der Waals surface area contributed by atoms with E-state index in [1.165, 1.54) is 41.1 Å². The van der Waals surface area contributed by atoms with Crippen LogP contribution in [0.5, 0.6) is 5.75 Å². The SMILES string of the molecule is COC(=O)N[C@@H](CC/C=C/C(=O)N1CCCC1)C(=O)Nc1cccn(Cc2cc3cc(F)cc(OCc4ccc(F)cc4F)c3n2C(=O)OC(C)(C)C)c1=O. The van der Waals surface area contributed by atoms with Crippen LogP contribution >= 0.6 is 0 Å². The van der Waals surface area contributed by atoms with Gasteiger partial charge in [0.25, 0.3) is 5.56 Å². The first-order valence-electron chi connectivity index (χ1n) is 17.6. The van der Waals surface area contributed by atoms with E-state index in [2.05, 4.69) is 15.4 Å². The van der Waals surface area contributed by atoms with Crippen molar-refractivity contribution in [2.24, 2.45) is 0 Å². The third-order valence-corrected chi connectivity index (χ3v) is 8.58. The molecular weight excluding hydrogens is 723 g/mol. The predicted molar refractivity (Wildman–Crippen MR) is 196 cm³/mol. The Kier molecular flexibility index (Phi) is 12.7. The normalized spacial score (nSPS) is 13.5. The highest BCUT2D eigenvalue weighted by Crippen LogP contribution is 2.33. The van der Waals surface area contributed by atoms with Crippen LogP contribution in [0.2, 0.25) is 0 Å². The van der Waals surface area contributed by atoms with Crippen LogP contribution in [0, 0.1) is 17.5 Å². The van der Waals surface area contributed by atoms with Crippen molar-refractivity contribution in [1.29, 1.82) is 0 Å². The van der Waals surface area contributed by atoms with Gasteiger partial charge in [-0.2, -0.15) is 0 Å². The molecule has 1 fully saturated rings. The zero-order chi connectivity index (χ0) is 39.9. The number of hydrogen-bond donors (Lipinski definition) is 2. The molecule has 13 nitrogen and oxygen atoms in total. The maximum absolute atomic E-state index is 14.9. The van der Waals surface area contributed by atoms with Crippen molar-refractivity contribution in [1.82, 2.24) is 19.4 Å². The van der Waals surface area contributed by atoms with Crippen molar-refractivity contribution >= 4 is 40.6 Å². The van der Waals surface area contributed by atoms with Crippen LogP contribution in [0.4, 0.5) is 28.4 Å². The average molecular weight is 766 g/mol. The van der Waals surface area contributed by atoms with E-state index < -0.39 is 59.4 Å². The van der Waals surface area contributed by atoms with Crippen LogP contribution in [-0.2, 0) is 32.2 Å². The number of halogens is 3. The molecule has 5 rings (SSSR count). The number of alkyl carbamates (subject to hydrolysis) is 1. The van der Waals surface area contributed by atoms with Gasteiger partial charge >= 0.3 is 12.2 Å². The van der Waals surface area contributed by atoms with Gasteiger partial charge in [0.15, 0.2) is 0 Å². The number of nitrogens with zero attached hydrogens (tertiary/aromatic N) is 3. The van der Waals surface area contributed by atoms with Gasteiger partial charge in [-0.25, -0.2) is 27.3 Å². The number of carbonyl (C=O) groups excluding carboxylic acids is 4. The highest BCUT2D eigenvalue weighted by atomic mass is 19.1. The van der Waals surface area contributed by atoms with E-state index in [-0.39, 0.29) is 58.9 Å². The van der Waals surface area contributed by atoms with Gasteiger partial charge in [-0.3, -0.25) is 14.4 Å². The number of benzene rings is 2. The molecule has 0 bridgehead atoms. The summed E-state index contributed by atoms with van der Waals surface area (Å²) in [5, 5.41) is 5.19. The molecule has 1 aliphatic rings. The summed E-state index contributed by atoms with van der Waals surface area (Å²) in [6.07, 6.45) is 4.92. The average Bonchev–Trinajstić information content (AvgIpc) is 3.78. The van der Waals surface area contributed by atoms with E-state index in [9.17, 15) is 37.1 Å². The molecule has 4 aromatic rings. The summed E-state index contributed by atoms with van der Waals surface area (Å²) >= 11 is 0. The fraction of sp³-hybridized carbons (Fsp3) is 0.359. The van der Waals surface area contributed by atoms with E-state index in [4.69, 9.17) is 9.47 Å². The fourth-order valence-electron chi connectivity index (χ4n) is 5.98. The number of pyridine rings is 1. The van der Waals surface area contributed by atoms with Crippen molar-refractivity contribution in [3.63, 3.8) is 0 Å². The summed E-state index contributed by atoms with van der Waals surface area (Å²) in [5.74, 6) is -3.41. The lowest BCUT2D eigenvalue weighted by Crippen LogP contribution is -2.44. The number of allylic oxidation sites excluding steroid dienone is 1. The second kappa shape index (κ2) is 17.4. The number of likely N-dealkylation sites (tertiary alicyclic amines) is 1. The highest BCUT2D eigenvalue weighted by molar-refractivity contribution is 5.97. The standard InChI is InChI=1S/C39H42F3N5O8/c1-39(2,3)55-38(52)47-28(19-25-18-27(41)21-32(34(25)47)54-23-24-13-14-26(40)20-29(24)42)22-46-17-9-11-31(36(46)50)43-35(49)30(44-37(51)53-4)10-5-6-12-33(48)45-15-7-8-16-45/h6,9,11-14,17-21,30H,5,7-8,10,15-16,22-23H2,1-4H3,(H,43,49)(H,44,51)/b12-6+/t30-/m0/s1. The van der Waals surface area contributed by atoms with Crippen molar-refractivity contribution in [3.8, 4) is 5.75 Å². The van der Waals surface area contributed by atoms with E-state index in [1.54, 1.807) is 31.7 Å². The van der Waals surface area contributed by atoms with Gasteiger partial charge in [0.05, 0.1) is 19.3 Å². The van der Waals surface area contributed by atoms with E-state index in [0.29, 0.717) is 19.2 Å². The lowest BCUT2D eigenvalue weighted by atomic mass is 10.1. The monoisotopic (exact) mass is 765 g/mol. The largest absolute Gasteiger partial charge is 0.486 e. The molecule has 2 aromatic carbocycles. The Bertz CT molecular complexity index is 2170. The summed E-state index contributed by atoms with van der Waals surface area (Å²) in [6, 6.07) is 8.24. The number of nitrogens with one attached hydrogen (secondary N) is 2. The summed E-state index contributed by atoms with van der Waals surface area (Å²) in [4.78, 5) is 67.0. The van der Waals surface area contributed by atoms with E-state index in [1.807, 2.05) is 0 Å². The maximum Gasteiger partial charge on any atom is 0.419 e. The molecule has 1 atom stereocenters. The molecule has 3 amide bonds. The van der Waals surface area contributed by atoms with Gasteiger partial charge in [-0.05, 0) is 88.9 Å². The second-order valence-corrected chi connectivity index (χ2v) is 13.9. The minimum Gasteiger partial charge on any atom is -0.486 e. The van der Waals surface area contributed by atoms with Crippen molar-refractivity contribution in [3.05, 3.63) is 106 Å². The molecule has 0 spiro atoms. The van der Waals surface area contributed by atoms with Gasteiger partial charge < -0.3 is 34.3 Å². The summed E-state index contributed by atoms with van der Waals surface area (Å²) in [7, 11) is 1.14. The number of amides is 3. The molecule has 55 heavy (non-hydrogen) atoms. The molecular formula is C39H42F3N5O8. The number of fused-ring (bicyclic) bond motifs is 1. The minimum absolute atomic E-state index is 0.0204. The third-order valence-electron chi connectivity index (χ3n) is 8.58. The van der Waals surface area contributed by atoms with Crippen molar-refractivity contribution in [2.45, 2.75) is 71.2 Å². The van der Waals surface area contributed by atoms with Gasteiger partial charge in [-0.1, -0.05) is 6.08 Å². The molecule has 0 aliphatic carbocycles. The van der Waals surface area contributed by atoms with Crippen LogP contribution in [0.3, 0.4) is 0 Å². The number of methoxy groups -OCH3 is 1. The lowest BCUT2D eigenvalue weighted by molar-refractivity contribution is -0.125. The second-order valence-electron chi connectivity index (χ2n) is 13.9. The quantitative estimate of drug-likeness (QED) is 0.161. The van der Waals surface area contributed by atoms with Crippen molar-refractivity contribution < 1.29 is 46.6 Å². The first-order chi connectivity index (χ1) is 26.1. The Morgan fingerprint density at radius 2 is 1.73 bits per heavy atom. The van der Waals surface area contributed by atoms with Gasteiger partial charge in [0, 0.05) is 42.4 Å². The first-order valence-corrected chi connectivity index (χ1v) is 17.6. The van der Waals surface area contributed by atoms with Crippen LogP contribution in [0.15, 0.2) is 71.7 Å². The van der Waals surface area contributed by atoms with Gasteiger partial charge in [0.1, 0.15) is 52.7 Å². The number of anilines is 1. The molecule has 0 radical (unpaired) electrons. The zero-order valence-corrected chi connectivity index (χ0v) is 30.8. The number of ether oxygens (including phenoxy) is 3. The Morgan fingerprint density at radius 1 is 0.982 bits per heavy atom. The van der Waals surface area contributed by atoms with Crippen LogP contribution in [-0.4, -0.2) is 69.9 Å². The summed E-state index contributed by atoms with van der Waals surface area (Å²) < 4.78 is 61.3.